The molecule has 0 spiro atoms. The monoisotopic (exact) mass is 528 g/mol. The Morgan fingerprint density at radius 3 is 1.50 bits per heavy atom. The summed E-state index contributed by atoms with van der Waals surface area (Å²) < 4.78 is 11.9. The van der Waals surface area contributed by atoms with Gasteiger partial charge >= 0.3 is 226 Å². The topological polar surface area (TPSA) is 52.6 Å². The van der Waals surface area contributed by atoms with Crippen LogP contribution >= 0.6 is 0 Å². The molecule has 38 heavy (non-hydrogen) atoms. The molecule has 3 aliphatic rings. The van der Waals surface area contributed by atoms with Crippen molar-refractivity contribution in [2.45, 2.75) is 14.9 Å². The van der Waals surface area contributed by atoms with Gasteiger partial charge in [0.2, 0.25) is 0 Å². The SMILES string of the molecule is C#CC(=O)[O][Ti]1([O]C(=O)C#C)[CH]2c3ccccc3-c3cccc(c32)Cc2cccc3c2[CH]1c1ccccc1-3. The number of benzene rings is 4. The molecule has 5 heteroatoms. The van der Waals surface area contributed by atoms with Gasteiger partial charge in [-0.2, -0.15) is 0 Å². The molecule has 2 unspecified atom stereocenters. The van der Waals surface area contributed by atoms with E-state index in [9.17, 15) is 9.59 Å². The molecule has 0 saturated carbocycles. The van der Waals surface area contributed by atoms with Crippen LogP contribution in [0.4, 0.5) is 0 Å². The van der Waals surface area contributed by atoms with E-state index in [1.165, 1.54) is 0 Å². The van der Waals surface area contributed by atoms with Gasteiger partial charge in [0.25, 0.3) is 0 Å². The summed E-state index contributed by atoms with van der Waals surface area (Å²) >= 11 is -4.85. The first-order valence-electron chi connectivity index (χ1n) is 12.4. The first-order valence-corrected chi connectivity index (χ1v) is 15.5. The van der Waals surface area contributed by atoms with Crippen LogP contribution in [0.15, 0.2) is 84.9 Å². The third-order valence-corrected chi connectivity index (χ3v) is 14.0. The minimum absolute atomic E-state index is 0.468. The van der Waals surface area contributed by atoms with Crippen molar-refractivity contribution in [1.82, 2.24) is 0 Å². The number of carbonyl (C=O) groups excluding carboxylic acids is 2. The van der Waals surface area contributed by atoms with Crippen molar-refractivity contribution in [1.29, 1.82) is 0 Å². The zero-order valence-corrected chi connectivity index (χ0v) is 21.8. The fourth-order valence-corrected chi connectivity index (χ4v) is 13.7. The molecule has 7 rings (SSSR count). The Labute approximate surface area is 224 Å². The van der Waals surface area contributed by atoms with E-state index in [1.807, 2.05) is 36.4 Å². The fraction of sp³-hybridized carbons (Fsp3) is 0.0909. The molecule has 0 N–H and O–H groups in total. The van der Waals surface area contributed by atoms with E-state index >= 15 is 0 Å². The van der Waals surface area contributed by atoms with Gasteiger partial charge in [-0.15, -0.1) is 0 Å². The molecule has 2 atom stereocenters. The molecule has 0 radical (unpaired) electrons. The molecule has 1 heterocycles. The number of hydrogen-bond acceptors (Lipinski definition) is 4. The third-order valence-electron chi connectivity index (χ3n) is 8.02. The second-order valence-electron chi connectivity index (χ2n) is 9.76. The Morgan fingerprint density at radius 2 is 1.05 bits per heavy atom. The van der Waals surface area contributed by atoms with Crippen molar-refractivity contribution in [3.05, 3.63) is 118 Å². The van der Waals surface area contributed by atoms with Crippen molar-refractivity contribution >= 4 is 11.9 Å². The molecule has 4 aromatic carbocycles. The van der Waals surface area contributed by atoms with E-state index in [1.54, 1.807) is 0 Å². The summed E-state index contributed by atoms with van der Waals surface area (Å²) in [7, 11) is 0. The van der Waals surface area contributed by atoms with Gasteiger partial charge < -0.3 is 0 Å². The van der Waals surface area contributed by atoms with Crippen molar-refractivity contribution < 1.29 is 33.6 Å². The van der Waals surface area contributed by atoms with Crippen molar-refractivity contribution in [2.24, 2.45) is 0 Å². The zero-order valence-electron chi connectivity index (χ0n) is 20.2. The van der Waals surface area contributed by atoms with Crippen molar-refractivity contribution in [2.75, 3.05) is 0 Å². The van der Waals surface area contributed by atoms with Gasteiger partial charge in [0, 0.05) is 0 Å². The van der Waals surface area contributed by atoms with Crippen LogP contribution in [0.2, 0.25) is 0 Å². The number of rotatable bonds is 2. The second-order valence-corrected chi connectivity index (χ2v) is 14.5. The molecule has 1 aliphatic heterocycles. The molecule has 2 aliphatic carbocycles. The van der Waals surface area contributed by atoms with Crippen molar-refractivity contribution in [3.63, 3.8) is 0 Å². The predicted molar refractivity (Wildman–Crippen MR) is 140 cm³/mol. The quantitative estimate of drug-likeness (QED) is 0.245. The number of terminal acetylenes is 2. The second kappa shape index (κ2) is 8.33. The van der Waals surface area contributed by atoms with Crippen LogP contribution in [-0.4, -0.2) is 11.9 Å². The summed E-state index contributed by atoms with van der Waals surface area (Å²) in [5.41, 5.74) is 10.4. The molecular weight excluding hydrogens is 508 g/mol. The molecule has 0 amide bonds. The standard InChI is InChI=1S/C27H18.2C3H2O2.Ti/c1-3-11-22-20(7-1)16-26-18(9-5-13-24(22)26)15-19-10-6-14-25-23-12-4-2-8-21(23)17-27(19)25;2*1-2-3(4)5;/h1-14,16-17H,15H2;2*1H,(H,4,5);/q;;;+2/p-2. The van der Waals surface area contributed by atoms with Crippen LogP contribution in [-0.2, 0) is 40.0 Å². The maximum atomic E-state index is 13.1. The molecular formula is C33H20O4Ti. The summed E-state index contributed by atoms with van der Waals surface area (Å²) in [5.74, 6) is 2.56. The number of hydrogen-bond donors (Lipinski definition) is 0. The van der Waals surface area contributed by atoms with E-state index in [4.69, 9.17) is 19.5 Å². The molecule has 0 aromatic heterocycles. The van der Waals surface area contributed by atoms with Crippen LogP contribution in [0.25, 0.3) is 22.3 Å². The molecule has 4 aromatic rings. The summed E-state index contributed by atoms with van der Waals surface area (Å²) in [6.07, 6.45) is 11.9. The first kappa shape index (κ1) is 22.8. The summed E-state index contributed by atoms with van der Waals surface area (Å²) in [4.78, 5) is 26.2. The molecule has 0 fully saturated rings. The molecule has 0 bridgehead atoms. The van der Waals surface area contributed by atoms with Crippen LogP contribution < -0.4 is 0 Å². The zero-order chi connectivity index (χ0) is 26.0. The Hall–Kier alpha value is -4.35. The van der Waals surface area contributed by atoms with E-state index in [2.05, 4.69) is 60.4 Å². The minimum atomic E-state index is -4.85. The third kappa shape index (κ3) is 3.00. The normalized spacial score (nSPS) is 18.3. The van der Waals surface area contributed by atoms with Gasteiger partial charge in [-0.3, -0.25) is 0 Å². The Balaban J connectivity index is 1.67. The fourth-order valence-electron chi connectivity index (χ4n) is 6.80. The summed E-state index contributed by atoms with van der Waals surface area (Å²) in [6, 6.07) is 28.6. The van der Waals surface area contributed by atoms with E-state index in [0.29, 0.717) is 6.42 Å². The molecule has 0 saturated heterocycles. The molecule has 4 nitrogen and oxygen atoms in total. The van der Waals surface area contributed by atoms with E-state index in [-0.39, 0.29) is 0 Å². The first-order chi connectivity index (χ1) is 18.6. The van der Waals surface area contributed by atoms with Gasteiger partial charge in [0.05, 0.1) is 0 Å². The van der Waals surface area contributed by atoms with Crippen LogP contribution in [0.5, 0.6) is 0 Å². The van der Waals surface area contributed by atoms with Gasteiger partial charge in [0.15, 0.2) is 0 Å². The average molecular weight is 528 g/mol. The van der Waals surface area contributed by atoms with Crippen LogP contribution in [0, 0.1) is 24.7 Å². The average Bonchev–Trinajstić information content (AvgIpc) is 3.47. The Kier molecular flexibility index (Phi) is 5.01. The van der Waals surface area contributed by atoms with Gasteiger partial charge in [-0.05, 0) is 0 Å². The summed E-state index contributed by atoms with van der Waals surface area (Å²) in [6.45, 7) is 0. The Bertz CT molecular complexity index is 1660. The van der Waals surface area contributed by atoms with Crippen molar-refractivity contribution in [3.8, 4) is 46.9 Å². The van der Waals surface area contributed by atoms with Crippen LogP contribution in [0.3, 0.4) is 0 Å². The molecule has 180 valence electrons. The van der Waals surface area contributed by atoms with Gasteiger partial charge in [-0.25, -0.2) is 0 Å². The number of fused-ring (bicyclic) bond motifs is 6. The van der Waals surface area contributed by atoms with Gasteiger partial charge in [-0.1, -0.05) is 0 Å². The van der Waals surface area contributed by atoms with Gasteiger partial charge in [0.1, 0.15) is 0 Å². The van der Waals surface area contributed by atoms with Crippen LogP contribution in [0.1, 0.15) is 41.8 Å². The van der Waals surface area contributed by atoms with E-state index < -0.39 is 37.7 Å². The van der Waals surface area contributed by atoms with E-state index in [0.717, 1.165) is 55.6 Å². The number of carbonyl (C=O) groups is 2. The Morgan fingerprint density at radius 1 is 0.632 bits per heavy atom. The summed E-state index contributed by atoms with van der Waals surface area (Å²) in [5, 5.41) is 0. The predicted octanol–water partition coefficient (Wildman–Crippen LogP) is 5.77. The maximum absolute atomic E-state index is 13.1.